The molecule has 17 heavy (non-hydrogen) atoms. The molecule has 0 aromatic heterocycles. The third-order valence-electron chi connectivity index (χ3n) is 4.82. The van der Waals surface area contributed by atoms with Crippen molar-refractivity contribution in [3.63, 3.8) is 0 Å². The fraction of sp³-hybridized carbons (Fsp3) is 0.750. The quantitative estimate of drug-likeness (QED) is 0.495. The highest BCUT2D eigenvalue weighted by Gasteiger charge is 2.67. The van der Waals surface area contributed by atoms with Crippen molar-refractivity contribution < 1.29 is 19.6 Å². The molecule has 4 aliphatic rings. The van der Waals surface area contributed by atoms with E-state index in [1.807, 2.05) is 13.8 Å². The van der Waals surface area contributed by atoms with Gasteiger partial charge in [0, 0.05) is 12.3 Å². The Morgan fingerprint density at radius 3 is 2.47 bits per heavy atom. The van der Waals surface area contributed by atoms with E-state index in [1.165, 1.54) is 0 Å². The summed E-state index contributed by atoms with van der Waals surface area (Å²) in [6, 6.07) is 0. The summed E-state index contributed by atoms with van der Waals surface area (Å²) in [6.07, 6.45) is 1.13. The van der Waals surface area contributed by atoms with Gasteiger partial charge < -0.3 is 0 Å². The molecular formula is C12H15NO4. The number of rotatable bonds is 0. The van der Waals surface area contributed by atoms with E-state index in [0.29, 0.717) is 6.42 Å². The molecule has 1 saturated heterocycles. The SMILES string of the molecule is CC1C[C@]2(C)CC(=O)[C@H]1C1C(=O)N(O)C(=O)C12. The largest absolute Gasteiger partial charge is 0.299 e. The van der Waals surface area contributed by atoms with E-state index in [0.717, 1.165) is 6.42 Å². The van der Waals surface area contributed by atoms with Crippen molar-refractivity contribution in [3.8, 4) is 0 Å². The van der Waals surface area contributed by atoms with Crippen LogP contribution < -0.4 is 0 Å². The molecule has 5 nitrogen and oxygen atoms in total. The molecule has 92 valence electrons. The molecule has 0 aromatic carbocycles. The number of imide groups is 1. The standard InChI is InChI=1S/C12H15NO4/c1-5-3-12(2)4-6(14)7(5)8-9(12)11(16)13(17)10(8)15/h5,7-9,17H,3-4H2,1-2H3/t5?,7-,8?,9?,12+/m0/s1. The van der Waals surface area contributed by atoms with Crippen LogP contribution in [-0.4, -0.2) is 27.9 Å². The highest BCUT2D eigenvalue weighted by molar-refractivity contribution is 6.08. The van der Waals surface area contributed by atoms with Gasteiger partial charge in [-0.1, -0.05) is 13.8 Å². The van der Waals surface area contributed by atoms with Gasteiger partial charge in [-0.3, -0.25) is 19.6 Å². The van der Waals surface area contributed by atoms with Crippen LogP contribution in [-0.2, 0) is 14.4 Å². The Bertz CT molecular complexity index is 446. The van der Waals surface area contributed by atoms with Gasteiger partial charge in [-0.15, -0.1) is 0 Å². The molecule has 0 spiro atoms. The van der Waals surface area contributed by atoms with Gasteiger partial charge in [0.1, 0.15) is 5.78 Å². The summed E-state index contributed by atoms with van der Waals surface area (Å²) in [5.41, 5.74) is -0.458. The molecular weight excluding hydrogens is 222 g/mol. The minimum absolute atomic E-state index is 0.0731. The summed E-state index contributed by atoms with van der Waals surface area (Å²) in [6.45, 7) is 3.84. The fourth-order valence-electron chi connectivity index (χ4n) is 4.33. The summed E-state index contributed by atoms with van der Waals surface area (Å²) < 4.78 is 0. The van der Waals surface area contributed by atoms with Crippen molar-refractivity contribution in [1.82, 2.24) is 5.06 Å². The first-order valence-corrected chi connectivity index (χ1v) is 5.96. The molecule has 3 unspecified atom stereocenters. The highest BCUT2D eigenvalue weighted by Crippen LogP contribution is 2.59. The molecule has 4 rings (SSSR count). The lowest BCUT2D eigenvalue weighted by Crippen LogP contribution is -2.56. The number of ketones is 1. The molecule has 5 atom stereocenters. The molecule has 3 aliphatic carbocycles. The number of hydrogen-bond acceptors (Lipinski definition) is 4. The van der Waals surface area contributed by atoms with Gasteiger partial charge in [-0.25, -0.2) is 0 Å². The Morgan fingerprint density at radius 2 is 1.88 bits per heavy atom. The topological polar surface area (TPSA) is 74.7 Å². The van der Waals surface area contributed by atoms with Crippen LogP contribution in [0.2, 0.25) is 0 Å². The first-order valence-electron chi connectivity index (χ1n) is 5.96. The zero-order valence-electron chi connectivity index (χ0n) is 9.84. The van der Waals surface area contributed by atoms with E-state index in [9.17, 15) is 19.6 Å². The average molecular weight is 237 g/mol. The number of fused-ring (bicyclic) bond motifs is 2. The van der Waals surface area contributed by atoms with Crippen LogP contribution in [0.4, 0.5) is 0 Å². The molecule has 2 bridgehead atoms. The summed E-state index contributed by atoms with van der Waals surface area (Å²) >= 11 is 0. The van der Waals surface area contributed by atoms with Gasteiger partial charge >= 0.3 is 0 Å². The van der Waals surface area contributed by atoms with E-state index in [1.54, 1.807) is 0 Å². The zero-order chi connectivity index (χ0) is 12.5. The van der Waals surface area contributed by atoms with Crippen molar-refractivity contribution in [1.29, 1.82) is 0 Å². The van der Waals surface area contributed by atoms with Gasteiger partial charge in [0.25, 0.3) is 11.8 Å². The van der Waals surface area contributed by atoms with E-state index in [-0.39, 0.29) is 22.7 Å². The van der Waals surface area contributed by atoms with E-state index in [4.69, 9.17) is 0 Å². The maximum absolute atomic E-state index is 12.0. The number of carbonyl (C=O) groups is 3. The van der Waals surface area contributed by atoms with Crippen LogP contribution in [0.3, 0.4) is 0 Å². The Balaban J connectivity index is 2.14. The molecule has 1 aliphatic heterocycles. The number of nitrogens with zero attached hydrogens (tertiary/aromatic N) is 1. The lowest BCUT2D eigenvalue weighted by Gasteiger charge is -2.52. The predicted molar refractivity (Wildman–Crippen MR) is 55.6 cm³/mol. The fourth-order valence-corrected chi connectivity index (χ4v) is 4.33. The normalized spacial score (nSPS) is 48.9. The predicted octanol–water partition coefficient (Wildman–Crippen LogP) is 0.612. The molecule has 3 saturated carbocycles. The van der Waals surface area contributed by atoms with E-state index in [2.05, 4.69) is 0 Å². The second-order valence-corrected chi connectivity index (χ2v) is 6.00. The lowest BCUT2D eigenvalue weighted by molar-refractivity contribution is -0.173. The summed E-state index contributed by atoms with van der Waals surface area (Å²) in [4.78, 5) is 35.8. The number of hydrogen-bond donors (Lipinski definition) is 1. The summed E-state index contributed by atoms with van der Waals surface area (Å²) in [5, 5.41) is 9.70. The van der Waals surface area contributed by atoms with Crippen LogP contribution in [0.5, 0.6) is 0 Å². The van der Waals surface area contributed by atoms with Crippen molar-refractivity contribution in [2.24, 2.45) is 29.1 Å². The second kappa shape index (κ2) is 2.96. The third kappa shape index (κ3) is 1.10. The molecule has 0 aromatic rings. The molecule has 1 heterocycles. The van der Waals surface area contributed by atoms with Gasteiger partial charge in [0.15, 0.2) is 0 Å². The van der Waals surface area contributed by atoms with Crippen molar-refractivity contribution in [2.75, 3.05) is 0 Å². The first-order chi connectivity index (χ1) is 7.87. The second-order valence-electron chi connectivity index (χ2n) is 6.00. The molecule has 4 fully saturated rings. The third-order valence-corrected chi connectivity index (χ3v) is 4.82. The van der Waals surface area contributed by atoms with Gasteiger partial charge in [0.2, 0.25) is 0 Å². The highest BCUT2D eigenvalue weighted by atomic mass is 16.5. The van der Waals surface area contributed by atoms with Crippen LogP contribution >= 0.6 is 0 Å². The van der Waals surface area contributed by atoms with Crippen LogP contribution in [0.25, 0.3) is 0 Å². The maximum Gasteiger partial charge on any atom is 0.257 e. The van der Waals surface area contributed by atoms with E-state index >= 15 is 0 Å². The van der Waals surface area contributed by atoms with Gasteiger partial charge in [0.05, 0.1) is 11.8 Å². The van der Waals surface area contributed by atoms with Crippen molar-refractivity contribution in [2.45, 2.75) is 26.7 Å². The molecule has 0 radical (unpaired) electrons. The molecule has 5 heteroatoms. The minimum atomic E-state index is -0.623. The number of amides is 2. The van der Waals surface area contributed by atoms with Crippen LogP contribution in [0.1, 0.15) is 26.7 Å². The number of carbonyl (C=O) groups excluding carboxylic acids is 3. The Hall–Kier alpha value is -1.23. The Kier molecular flexibility index (Phi) is 1.90. The van der Waals surface area contributed by atoms with Crippen molar-refractivity contribution in [3.05, 3.63) is 0 Å². The van der Waals surface area contributed by atoms with Gasteiger partial charge in [-0.2, -0.15) is 5.06 Å². The van der Waals surface area contributed by atoms with Crippen LogP contribution in [0.15, 0.2) is 0 Å². The Morgan fingerprint density at radius 1 is 1.24 bits per heavy atom. The number of hydroxylamine groups is 2. The smallest absolute Gasteiger partial charge is 0.257 e. The maximum atomic E-state index is 12.0. The average Bonchev–Trinajstić information content (AvgIpc) is 2.43. The zero-order valence-corrected chi connectivity index (χ0v) is 9.84. The summed E-state index contributed by atoms with van der Waals surface area (Å²) in [7, 11) is 0. The van der Waals surface area contributed by atoms with E-state index < -0.39 is 29.1 Å². The number of Topliss-reactive ketones (excluding diaryl/α,β-unsaturated/α-hetero) is 1. The minimum Gasteiger partial charge on any atom is -0.299 e. The van der Waals surface area contributed by atoms with Crippen LogP contribution in [0, 0.1) is 29.1 Å². The summed E-state index contributed by atoms with van der Waals surface area (Å²) in [5.74, 6) is -2.42. The monoisotopic (exact) mass is 237 g/mol. The first kappa shape index (κ1) is 10.9. The molecule has 2 amide bonds. The van der Waals surface area contributed by atoms with Gasteiger partial charge in [-0.05, 0) is 17.8 Å². The van der Waals surface area contributed by atoms with Crippen molar-refractivity contribution >= 4 is 17.6 Å². The lowest BCUT2D eigenvalue weighted by atomic mass is 9.48. The molecule has 1 N–H and O–H groups in total. The Labute approximate surface area is 98.7 Å².